The largest absolute Gasteiger partial charge is 0.458 e. The lowest BCUT2D eigenvalue weighted by Gasteiger charge is -2.25. The van der Waals surface area contributed by atoms with Gasteiger partial charge in [0.15, 0.2) is 0 Å². The van der Waals surface area contributed by atoms with Crippen molar-refractivity contribution in [3.05, 3.63) is 69.5 Å². The molecule has 0 aliphatic carbocycles. The average Bonchev–Trinajstić information content (AvgIpc) is 2.97. The average molecular weight is 678 g/mol. The molecule has 1 heterocycles. The number of rotatable bonds is 12. The van der Waals surface area contributed by atoms with Gasteiger partial charge < -0.3 is 30.0 Å². The lowest BCUT2D eigenvalue weighted by molar-refractivity contribution is -0.159. The second-order valence-electron chi connectivity index (χ2n) is 13.6. The maximum Gasteiger partial charge on any atom is 0.329 e. The van der Waals surface area contributed by atoms with Crippen LogP contribution in [0.15, 0.2) is 41.2 Å². The number of fused-ring (bicyclic) bond motifs is 1. The van der Waals surface area contributed by atoms with Crippen LogP contribution in [0.5, 0.6) is 0 Å². The second-order valence-corrected chi connectivity index (χ2v) is 13.6. The van der Waals surface area contributed by atoms with E-state index >= 15 is 4.39 Å². The van der Waals surface area contributed by atoms with Crippen LogP contribution in [0.4, 0.5) is 10.1 Å². The van der Waals surface area contributed by atoms with Crippen LogP contribution in [0.1, 0.15) is 83.1 Å². The summed E-state index contributed by atoms with van der Waals surface area (Å²) >= 11 is 0. The molecule has 0 saturated heterocycles. The first-order chi connectivity index (χ1) is 22.8. The number of terminal acetylenes is 1. The minimum atomic E-state index is -1.30. The number of aryl methyl sites for hydroxylation is 1. The van der Waals surface area contributed by atoms with E-state index in [-0.39, 0.29) is 37.1 Å². The van der Waals surface area contributed by atoms with Gasteiger partial charge in [-0.05, 0) is 97.7 Å². The van der Waals surface area contributed by atoms with E-state index in [0.717, 1.165) is 11.6 Å². The number of ether oxygens (including phenoxy) is 2. The fourth-order valence-corrected chi connectivity index (χ4v) is 4.75. The number of carbonyl (C=O) groups is 4. The summed E-state index contributed by atoms with van der Waals surface area (Å²) in [6.07, 6.45) is 5.16. The molecule has 2 atom stereocenters. The van der Waals surface area contributed by atoms with Gasteiger partial charge in [-0.15, -0.1) is 6.42 Å². The summed E-state index contributed by atoms with van der Waals surface area (Å²) in [5.74, 6) is -0.747. The van der Waals surface area contributed by atoms with Gasteiger partial charge in [0.05, 0.1) is 23.0 Å². The molecule has 0 aliphatic rings. The number of hydrogen-bond donors (Lipinski definition) is 3. The minimum Gasteiger partial charge on any atom is -0.458 e. The predicted octanol–water partition coefficient (Wildman–Crippen LogP) is 4.08. The summed E-state index contributed by atoms with van der Waals surface area (Å²) in [5, 5.41) is 5.41. The molecule has 2 amide bonds. The Hall–Kier alpha value is -5.25. The zero-order valence-corrected chi connectivity index (χ0v) is 29.2. The minimum absolute atomic E-state index is 0.0981. The van der Waals surface area contributed by atoms with E-state index in [1.807, 2.05) is 0 Å². The van der Waals surface area contributed by atoms with Crippen LogP contribution >= 0.6 is 0 Å². The number of carbonyl (C=O) groups excluding carboxylic acids is 4. The van der Waals surface area contributed by atoms with Crippen LogP contribution in [0.3, 0.4) is 0 Å². The molecule has 13 heteroatoms. The van der Waals surface area contributed by atoms with Gasteiger partial charge in [-0.25, -0.2) is 19.0 Å². The molecule has 49 heavy (non-hydrogen) atoms. The molecule has 0 spiro atoms. The first-order valence-corrected chi connectivity index (χ1v) is 15.8. The zero-order valence-electron chi connectivity index (χ0n) is 29.2. The molecule has 0 unspecified atom stereocenters. The van der Waals surface area contributed by atoms with Crippen LogP contribution in [0.2, 0.25) is 0 Å². The molecular formula is C36H44FN5O7. The van der Waals surface area contributed by atoms with Gasteiger partial charge in [0.2, 0.25) is 5.91 Å². The van der Waals surface area contributed by atoms with Gasteiger partial charge in [-0.1, -0.05) is 12.0 Å². The number of nitrogens with zero attached hydrogens (tertiary/aromatic N) is 2. The molecule has 1 aromatic heterocycles. The van der Waals surface area contributed by atoms with Crippen LogP contribution < -0.4 is 21.1 Å². The van der Waals surface area contributed by atoms with E-state index in [9.17, 15) is 24.0 Å². The van der Waals surface area contributed by atoms with Crippen molar-refractivity contribution in [1.82, 2.24) is 20.6 Å². The van der Waals surface area contributed by atoms with Gasteiger partial charge in [0.1, 0.15) is 34.9 Å². The summed E-state index contributed by atoms with van der Waals surface area (Å²) in [5.41, 5.74) is -0.640. The Morgan fingerprint density at radius 1 is 1.00 bits per heavy atom. The molecule has 12 nitrogen and oxygen atoms in total. The van der Waals surface area contributed by atoms with E-state index in [2.05, 4.69) is 26.5 Å². The summed E-state index contributed by atoms with van der Waals surface area (Å²) in [7, 11) is 0. The number of aromatic nitrogens is 2. The highest BCUT2D eigenvalue weighted by molar-refractivity contribution is 5.97. The summed E-state index contributed by atoms with van der Waals surface area (Å²) in [6, 6.07) is 6.89. The third-order valence-corrected chi connectivity index (χ3v) is 6.90. The normalized spacial score (nSPS) is 12.7. The number of benzene rings is 2. The van der Waals surface area contributed by atoms with Crippen molar-refractivity contribution < 1.29 is 33.0 Å². The summed E-state index contributed by atoms with van der Waals surface area (Å²) < 4.78 is 26.2. The molecule has 3 rings (SSSR count). The number of hydrogen-bond acceptors (Lipinski definition) is 9. The van der Waals surface area contributed by atoms with Crippen molar-refractivity contribution in [2.45, 2.75) is 98.1 Å². The van der Waals surface area contributed by atoms with Crippen LogP contribution in [0, 0.1) is 25.1 Å². The van der Waals surface area contributed by atoms with Crippen molar-refractivity contribution in [2.24, 2.45) is 0 Å². The molecule has 0 saturated carbocycles. The Morgan fingerprint density at radius 3 is 2.27 bits per heavy atom. The molecule has 262 valence electrons. The van der Waals surface area contributed by atoms with Crippen molar-refractivity contribution in [2.75, 3.05) is 11.4 Å². The Morgan fingerprint density at radius 2 is 1.65 bits per heavy atom. The molecule has 0 bridgehead atoms. The molecule has 0 fully saturated rings. The molecular weight excluding hydrogens is 633 g/mol. The summed E-state index contributed by atoms with van der Waals surface area (Å²) in [6.45, 7) is 13.5. The number of nitrogens with one attached hydrogen (secondary N) is 3. The highest BCUT2D eigenvalue weighted by atomic mass is 19.1. The molecule has 3 aromatic rings. The third-order valence-electron chi connectivity index (χ3n) is 6.90. The molecule has 0 radical (unpaired) electrons. The number of anilines is 1. The standard InChI is InChI=1S/C36H44FN5O7/c1-10-17-42(20-23-11-14-28-26(18-23)32(45)40-22(3)39-28)24-12-13-25(27(37)19-24)31(44)41-29(34(47)49-36(7,8)9)15-16-30(43)38-21(2)33(46)48-35(4,5)6/h1,11-14,18-19,21,29H,15-17,20H2,2-9H3,(H,38,43)(H,41,44)(H,39,40,45)/t21-,29-/m0/s1. The van der Waals surface area contributed by atoms with Gasteiger partial charge in [0, 0.05) is 18.7 Å². The first-order valence-electron chi connectivity index (χ1n) is 15.8. The van der Waals surface area contributed by atoms with Crippen molar-refractivity contribution in [3.8, 4) is 12.3 Å². The predicted molar refractivity (Wildman–Crippen MR) is 183 cm³/mol. The Labute approximate surface area is 285 Å². The zero-order chi connectivity index (χ0) is 36.7. The summed E-state index contributed by atoms with van der Waals surface area (Å²) in [4.78, 5) is 72.4. The van der Waals surface area contributed by atoms with Gasteiger partial charge in [-0.2, -0.15) is 0 Å². The fraction of sp³-hybridized carbons (Fsp3) is 0.444. The van der Waals surface area contributed by atoms with E-state index in [0.29, 0.717) is 22.4 Å². The van der Waals surface area contributed by atoms with Gasteiger partial charge in [0.25, 0.3) is 11.5 Å². The van der Waals surface area contributed by atoms with Crippen molar-refractivity contribution in [1.29, 1.82) is 0 Å². The maximum atomic E-state index is 15.5. The Balaban J connectivity index is 1.76. The number of amides is 2. The van der Waals surface area contributed by atoms with E-state index in [1.165, 1.54) is 19.1 Å². The Bertz CT molecular complexity index is 1820. The quantitative estimate of drug-likeness (QED) is 0.190. The molecule has 3 N–H and O–H groups in total. The topological polar surface area (TPSA) is 160 Å². The number of esters is 2. The highest BCUT2D eigenvalue weighted by Gasteiger charge is 2.29. The van der Waals surface area contributed by atoms with E-state index in [1.54, 1.807) is 71.6 Å². The van der Waals surface area contributed by atoms with Crippen LogP contribution in [-0.2, 0) is 30.4 Å². The van der Waals surface area contributed by atoms with Gasteiger partial charge >= 0.3 is 11.9 Å². The smallest absolute Gasteiger partial charge is 0.329 e. The lowest BCUT2D eigenvalue weighted by Crippen LogP contribution is -2.46. The van der Waals surface area contributed by atoms with Crippen LogP contribution in [0.25, 0.3) is 10.9 Å². The van der Waals surface area contributed by atoms with Gasteiger partial charge in [-0.3, -0.25) is 14.4 Å². The lowest BCUT2D eigenvalue weighted by atomic mass is 10.1. The van der Waals surface area contributed by atoms with Crippen molar-refractivity contribution in [3.63, 3.8) is 0 Å². The fourth-order valence-electron chi connectivity index (χ4n) is 4.75. The molecule has 2 aromatic carbocycles. The Kier molecular flexibility index (Phi) is 12.3. The molecule has 0 aliphatic heterocycles. The van der Waals surface area contributed by atoms with Crippen molar-refractivity contribution >= 4 is 40.3 Å². The maximum absolute atomic E-state index is 15.5. The SMILES string of the molecule is C#CCN(Cc1ccc2nc(C)[nH]c(=O)c2c1)c1ccc(C(=O)N[C@@H](CCC(=O)N[C@@H](C)C(=O)OC(C)(C)C)C(=O)OC(C)(C)C)c(F)c1. The van der Waals surface area contributed by atoms with E-state index in [4.69, 9.17) is 15.9 Å². The third kappa shape index (κ3) is 11.4. The second kappa shape index (κ2) is 15.8. The first kappa shape index (κ1) is 38.2. The van der Waals surface area contributed by atoms with Crippen LogP contribution in [-0.4, -0.2) is 63.6 Å². The number of halogens is 1. The van der Waals surface area contributed by atoms with E-state index < -0.39 is 52.9 Å². The number of H-pyrrole nitrogens is 1. The monoisotopic (exact) mass is 677 g/mol. The highest BCUT2D eigenvalue weighted by Crippen LogP contribution is 2.22. The number of aromatic amines is 1.